The van der Waals surface area contributed by atoms with Crippen LogP contribution < -0.4 is 4.72 Å². The summed E-state index contributed by atoms with van der Waals surface area (Å²) in [4.78, 5) is 4.15. The van der Waals surface area contributed by atoms with Gasteiger partial charge in [0.25, 0.3) is 0 Å². The van der Waals surface area contributed by atoms with Gasteiger partial charge in [-0.25, -0.2) is 21.9 Å². The van der Waals surface area contributed by atoms with E-state index >= 15 is 0 Å². The van der Waals surface area contributed by atoms with Gasteiger partial charge in [0, 0.05) is 44.3 Å². The van der Waals surface area contributed by atoms with Gasteiger partial charge in [-0.05, 0) is 39.4 Å². The summed E-state index contributed by atoms with van der Waals surface area (Å²) in [5.41, 5.74) is -0.717. The highest BCUT2D eigenvalue weighted by Gasteiger charge is 2.28. The minimum absolute atomic E-state index is 0.396. The SMILES string of the molecule is CN1CCN(CCC(C)(C)NS(=O)(=O)c2cc(F)cc(F)c2)CC1. The zero-order chi connectivity index (χ0) is 18.0. The highest BCUT2D eigenvalue weighted by atomic mass is 32.2. The lowest BCUT2D eigenvalue weighted by Crippen LogP contribution is -2.49. The molecule has 0 bridgehead atoms. The number of benzene rings is 1. The first-order valence-corrected chi connectivity index (χ1v) is 9.47. The fraction of sp³-hybridized carbons (Fsp3) is 0.625. The Morgan fingerprint density at radius 1 is 1.08 bits per heavy atom. The third kappa shape index (κ3) is 5.47. The largest absolute Gasteiger partial charge is 0.304 e. The number of rotatable bonds is 6. The fourth-order valence-corrected chi connectivity index (χ4v) is 4.15. The van der Waals surface area contributed by atoms with Gasteiger partial charge in [0.2, 0.25) is 10.0 Å². The molecule has 5 nitrogen and oxygen atoms in total. The van der Waals surface area contributed by atoms with E-state index in [2.05, 4.69) is 21.6 Å². The average Bonchev–Trinajstić information content (AvgIpc) is 2.44. The minimum atomic E-state index is -3.98. The zero-order valence-corrected chi connectivity index (χ0v) is 15.2. The summed E-state index contributed by atoms with van der Waals surface area (Å²) in [5, 5.41) is 0. The van der Waals surface area contributed by atoms with Crippen LogP contribution in [0.4, 0.5) is 8.78 Å². The quantitative estimate of drug-likeness (QED) is 0.837. The molecule has 0 amide bonds. The van der Waals surface area contributed by atoms with Crippen LogP contribution >= 0.6 is 0 Å². The molecule has 1 saturated heterocycles. The fourth-order valence-electron chi connectivity index (χ4n) is 2.67. The summed E-state index contributed by atoms with van der Waals surface area (Å²) in [6.45, 7) is 8.21. The average molecular weight is 361 g/mol. The second-order valence-electron chi connectivity index (χ2n) is 6.99. The van der Waals surface area contributed by atoms with Gasteiger partial charge in [0.1, 0.15) is 11.6 Å². The number of nitrogens with one attached hydrogen (secondary N) is 1. The first-order valence-electron chi connectivity index (χ1n) is 7.98. The molecule has 136 valence electrons. The van der Waals surface area contributed by atoms with Crippen molar-refractivity contribution in [3.8, 4) is 0 Å². The Kier molecular flexibility index (Phi) is 5.95. The summed E-state index contributed by atoms with van der Waals surface area (Å²) in [6, 6.07) is 2.29. The van der Waals surface area contributed by atoms with Crippen molar-refractivity contribution in [1.29, 1.82) is 0 Å². The first-order chi connectivity index (χ1) is 11.1. The van der Waals surface area contributed by atoms with Crippen LogP contribution in [-0.2, 0) is 10.0 Å². The van der Waals surface area contributed by atoms with Crippen molar-refractivity contribution in [2.45, 2.75) is 30.7 Å². The Bertz CT molecular complexity index is 652. The van der Waals surface area contributed by atoms with Gasteiger partial charge in [0.15, 0.2) is 0 Å². The molecule has 0 atom stereocenters. The molecule has 1 aromatic rings. The summed E-state index contributed by atoms with van der Waals surface area (Å²) >= 11 is 0. The van der Waals surface area contributed by atoms with E-state index in [0.29, 0.717) is 12.5 Å². The number of nitrogens with zero attached hydrogens (tertiary/aromatic N) is 2. The summed E-state index contributed by atoms with van der Waals surface area (Å²) in [6.07, 6.45) is 0.605. The van der Waals surface area contributed by atoms with Crippen LogP contribution in [0, 0.1) is 11.6 Å². The molecule has 0 aromatic heterocycles. The van der Waals surface area contributed by atoms with Gasteiger partial charge < -0.3 is 9.80 Å². The van der Waals surface area contributed by atoms with Crippen molar-refractivity contribution in [3.63, 3.8) is 0 Å². The molecule has 0 spiro atoms. The maximum Gasteiger partial charge on any atom is 0.241 e. The standard InChI is InChI=1S/C16H25F2N3O2S/c1-16(2,4-5-21-8-6-20(3)7-9-21)19-24(22,23)15-11-13(17)10-14(18)12-15/h10-12,19H,4-9H2,1-3H3. The van der Waals surface area contributed by atoms with Crippen molar-refractivity contribution in [3.05, 3.63) is 29.8 Å². The second-order valence-corrected chi connectivity index (χ2v) is 8.67. The monoisotopic (exact) mass is 361 g/mol. The second kappa shape index (κ2) is 7.43. The third-order valence-corrected chi connectivity index (χ3v) is 5.88. The van der Waals surface area contributed by atoms with Crippen molar-refractivity contribution in [2.24, 2.45) is 0 Å². The molecule has 2 rings (SSSR count). The molecule has 1 heterocycles. The Hall–Kier alpha value is -1.09. The summed E-state index contributed by atoms with van der Waals surface area (Å²) < 4.78 is 53.9. The van der Waals surface area contributed by atoms with Crippen molar-refractivity contribution in [2.75, 3.05) is 39.8 Å². The lowest BCUT2D eigenvalue weighted by atomic mass is 10.0. The maximum absolute atomic E-state index is 13.3. The van der Waals surface area contributed by atoms with Gasteiger partial charge in [-0.3, -0.25) is 0 Å². The normalized spacial score (nSPS) is 18.0. The predicted octanol–water partition coefficient (Wildman–Crippen LogP) is 1.66. The molecule has 0 unspecified atom stereocenters. The van der Waals surface area contributed by atoms with E-state index in [-0.39, 0.29) is 0 Å². The lowest BCUT2D eigenvalue weighted by Gasteiger charge is -2.35. The molecule has 1 aliphatic rings. The summed E-state index contributed by atoms with van der Waals surface area (Å²) in [7, 11) is -1.90. The molecule has 8 heteroatoms. The molecule has 1 N–H and O–H groups in total. The number of piperazine rings is 1. The summed E-state index contributed by atoms with van der Waals surface area (Å²) in [5.74, 6) is -1.82. The zero-order valence-electron chi connectivity index (χ0n) is 14.3. The number of likely N-dealkylation sites (N-methyl/N-ethyl adjacent to an activating group) is 1. The van der Waals surface area contributed by atoms with E-state index in [9.17, 15) is 17.2 Å². The number of hydrogen-bond donors (Lipinski definition) is 1. The maximum atomic E-state index is 13.3. The van der Waals surface area contributed by atoms with Gasteiger partial charge in [0.05, 0.1) is 4.90 Å². The van der Waals surface area contributed by atoms with Crippen LogP contribution in [0.3, 0.4) is 0 Å². The van der Waals surface area contributed by atoms with Gasteiger partial charge in [-0.1, -0.05) is 0 Å². The van der Waals surface area contributed by atoms with Gasteiger partial charge in [-0.2, -0.15) is 0 Å². The van der Waals surface area contributed by atoms with Crippen LogP contribution in [0.2, 0.25) is 0 Å². The number of halogens is 2. The molecule has 0 saturated carbocycles. The third-order valence-electron chi connectivity index (χ3n) is 4.21. The molecule has 1 aliphatic heterocycles. The Labute approximate surface area is 142 Å². The van der Waals surface area contributed by atoms with Crippen LogP contribution in [0.15, 0.2) is 23.1 Å². The van der Waals surface area contributed by atoms with E-state index in [0.717, 1.165) is 44.9 Å². The van der Waals surface area contributed by atoms with Gasteiger partial charge in [-0.15, -0.1) is 0 Å². The van der Waals surface area contributed by atoms with E-state index in [1.165, 1.54) is 0 Å². The van der Waals surface area contributed by atoms with Crippen molar-refractivity contribution >= 4 is 10.0 Å². The van der Waals surface area contributed by atoms with E-state index in [4.69, 9.17) is 0 Å². The Morgan fingerprint density at radius 2 is 1.62 bits per heavy atom. The molecule has 24 heavy (non-hydrogen) atoms. The van der Waals surface area contributed by atoms with E-state index in [1.54, 1.807) is 13.8 Å². The lowest BCUT2D eigenvalue weighted by molar-refractivity contribution is 0.144. The Morgan fingerprint density at radius 3 is 2.17 bits per heavy atom. The minimum Gasteiger partial charge on any atom is -0.304 e. The Balaban J connectivity index is 1.99. The van der Waals surface area contributed by atoms with Crippen molar-refractivity contribution < 1.29 is 17.2 Å². The molecular weight excluding hydrogens is 336 g/mol. The van der Waals surface area contributed by atoms with Gasteiger partial charge >= 0.3 is 0 Å². The van der Waals surface area contributed by atoms with Crippen LogP contribution in [0.1, 0.15) is 20.3 Å². The van der Waals surface area contributed by atoms with Crippen LogP contribution in [0.25, 0.3) is 0 Å². The first kappa shape index (κ1) is 19.2. The van der Waals surface area contributed by atoms with Crippen LogP contribution in [-0.4, -0.2) is 63.5 Å². The molecule has 1 fully saturated rings. The molecular formula is C16H25F2N3O2S. The van der Waals surface area contributed by atoms with E-state index in [1.807, 2.05) is 0 Å². The molecule has 0 radical (unpaired) electrons. The highest BCUT2D eigenvalue weighted by molar-refractivity contribution is 7.89. The topological polar surface area (TPSA) is 52.6 Å². The smallest absolute Gasteiger partial charge is 0.241 e. The molecule has 1 aromatic carbocycles. The molecule has 0 aliphatic carbocycles. The number of sulfonamides is 1. The number of hydrogen-bond acceptors (Lipinski definition) is 4. The van der Waals surface area contributed by atoms with E-state index < -0.39 is 32.1 Å². The van der Waals surface area contributed by atoms with Crippen LogP contribution in [0.5, 0.6) is 0 Å². The highest BCUT2D eigenvalue weighted by Crippen LogP contribution is 2.18. The predicted molar refractivity (Wildman–Crippen MR) is 89.3 cm³/mol. The van der Waals surface area contributed by atoms with Crippen molar-refractivity contribution in [1.82, 2.24) is 14.5 Å².